The summed E-state index contributed by atoms with van der Waals surface area (Å²) in [7, 11) is 0. The van der Waals surface area contributed by atoms with Gasteiger partial charge in [-0.05, 0) is 6.08 Å². The number of hydrogen-bond acceptors (Lipinski definition) is 1. The lowest BCUT2D eigenvalue weighted by molar-refractivity contribution is 1.53. The SMILES string of the molecule is N#C/C=C/C(Br)Br. The van der Waals surface area contributed by atoms with Crippen molar-refractivity contribution in [2.24, 2.45) is 0 Å². The van der Waals surface area contributed by atoms with E-state index >= 15 is 0 Å². The molecule has 0 N–H and O–H groups in total. The largest absolute Gasteiger partial charge is 0.193 e. The fraction of sp³-hybridized carbons (Fsp3) is 0.250. The highest BCUT2D eigenvalue weighted by Crippen LogP contribution is 2.07. The second-order valence-electron chi connectivity index (χ2n) is 0.823. The van der Waals surface area contributed by atoms with Crippen molar-refractivity contribution in [1.82, 2.24) is 0 Å². The summed E-state index contributed by atoms with van der Waals surface area (Å²) < 4.78 is 0.125. The minimum Gasteiger partial charge on any atom is -0.193 e. The Bertz CT molecular complexity index is 101. The summed E-state index contributed by atoms with van der Waals surface area (Å²) in [6, 6.07) is 1.86. The van der Waals surface area contributed by atoms with Crippen molar-refractivity contribution in [3.8, 4) is 6.07 Å². The van der Waals surface area contributed by atoms with Crippen LogP contribution in [0.3, 0.4) is 0 Å². The van der Waals surface area contributed by atoms with E-state index in [1.807, 2.05) is 6.07 Å². The van der Waals surface area contributed by atoms with E-state index < -0.39 is 0 Å². The predicted molar refractivity (Wildman–Crippen MR) is 36.4 cm³/mol. The van der Waals surface area contributed by atoms with Crippen LogP contribution in [0.4, 0.5) is 0 Å². The average molecular weight is 225 g/mol. The lowest BCUT2D eigenvalue weighted by atomic mass is 10.6. The molecule has 0 aromatic heterocycles. The third-order valence-electron chi connectivity index (χ3n) is 0.316. The maximum atomic E-state index is 7.94. The van der Waals surface area contributed by atoms with Crippen LogP contribution in [0.25, 0.3) is 0 Å². The van der Waals surface area contributed by atoms with E-state index in [1.54, 1.807) is 6.08 Å². The summed E-state index contributed by atoms with van der Waals surface area (Å²) >= 11 is 6.31. The molecule has 3 heteroatoms. The molecule has 0 aromatic rings. The molecule has 0 atom stereocenters. The number of nitriles is 1. The Morgan fingerprint density at radius 1 is 1.57 bits per heavy atom. The van der Waals surface area contributed by atoms with Crippen molar-refractivity contribution in [3.05, 3.63) is 12.2 Å². The second kappa shape index (κ2) is 4.35. The molecule has 0 bridgehead atoms. The molecule has 0 aromatic carbocycles. The summed E-state index contributed by atoms with van der Waals surface area (Å²) in [5.41, 5.74) is 0. The highest BCUT2D eigenvalue weighted by Gasteiger charge is 1.83. The molecular weight excluding hydrogens is 222 g/mol. The normalized spacial score (nSPS) is 10.0. The number of alkyl halides is 2. The van der Waals surface area contributed by atoms with Crippen LogP contribution in [0.1, 0.15) is 0 Å². The Labute approximate surface area is 59.3 Å². The third kappa shape index (κ3) is 6.19. The first kappa shape index (κ1) is 7.19. The molecule has 0 rings (SSSR count). The van der Waals surface area contributed by atoms with Crippen LogP contribution >= 0.6 is 31.9 Å². The van der Waals surface area contributed by atoms with Gasteiger partial charge < -0.3 is 0 Å². The number of allylic oxidation sites excluding steroid dienone is 2. The van der Waals surface area contributed by atoms with Gasteiger partial charge in [0.15, 0.2) is 0 Å². The monoisotopic (exact) mass is 223 g/mol. The van der Waals surface area contributed by atoms with Crippen molar-refractivity contribution in [3.63, 3.8) is 0 Å². The fourth-order valence-electron chi connectivity index (χ4n) is 0.116. The molecule has 0 fully saturated rings. The Balaban J connectivity index is 3.31. The van der Waals surface area contributed by atoms with Gasteiger partial charge in [-0.1, -0.05) is 31.9 Å². The van der Waals surface area contributed by atoms with Crippen LogP contribution in [0.5, 0.6) is 0 Å². The summed E-state index contributed by atoms with van der Waals surface area (Å²) in [6.07, 6.45) is 3.11. The first-order valence-corrected chi connectivity index (χ1v) is 3.45. The average Bonchev–Trinajstić information content (AvgIpc) is 1.61. The molecule has 0 radical (unpaired) electrons. The van der Waals surface area contributed by atoms with Crippen LogP contribution in [0.15, 0.2) is 12.2 Å². The minimum atomic E-state index is 0.125. The molecule has 0 spiro atoms. The van der Waals surface area contributed by atoms with E-state index in [1.165, 1.54) is 6.08 Å². The molecule has 7 heavy (non-hydrogen) atoms. The number of hydrogen-bond donors (Lipinski definition) is 0. The zero-order valence-electron chi connectivity index (χ0n) is 3.44. The molecule has 0 unspecified atom stereocenters. The lowest BCUT2D eigenvalue weighted by Gasteiger charge is -1.80. The molecule has 0 amide bonds. The van der Waals surface area contributed by atoms with Gasteiger partial charge in [-0.25, -0.2) is 0 Å². The van der Waals surface area contributed by atoms with Crippen molar-refractivity contribution in [1.29, 1.82) is 5.26 Å². The fourth-order valence-corrected chi connectivity index (χ4v) is 0.421. The quantitative estimate of drug-likeness (QED) is 0.495. The Kier molecular flexibility index (Phi) is 4.47. The van der Waals surface area contributed by atoms with E-state index in [-0.39, 0.29) is 3.74 Å². The van der Waals surface area contributed by atoms with Gasteiger partial charge in [-0.3, -0.25) is 0 Å². The Morgan fingerprint density at radius 2 is 2.14 bits per heavy atom. The zero-order chi connectivity index (χ0) is 5.70. The van der Waals surface area contributed by atoms with Crippen LogP contribution < -0.4 is 0 Å². The third-order valence-corrected chi connectivity index (χ3v) is 0.927. The number of halogens is 2. The van der Waals surface area contributed by atoms with Crippen LogP contribution in [0, 0.1) is 11.3 Å². The van der Waals surface area contributed by atoms with Crippen molar-refractivity contribution < 1.29 is 0 Å². The van der Waals surface area contributed by atoms with Gasteiger partial charge >= 0.3 is 0 Å². The number of rotatable bonds is 1. The summed E-state index contributed by atoms with van der Waals surface area (Å²) in [5, 5.41) is 7.94. The summed E-state index contributed by atoms with van der Waals surface area (Å²) in [5.74, 6) is 0. The Morgan fingerprint density at radius 3 is 2.29 bits per heavy atom. The van der Waals surface area contributed by atoms with Gasteiger partial charge in [0.2, 0.25) is 0 Å². The second-order valence-corrected chi connectivity index (χ2v) is 4.02. The van der Waals surface area contributed by atoms with Crippen molar-refractivity contribution in [2.75, 3.05) is 0 Å². The van der Waals surface area contributed by atoms with Crippen molar-refractivity contribution >= 4 is 31.9 Å². The van der Waals surface area contributed by atoms with Gasteiger partial charge in [-0.2, -0.15) is 5.26 Å². The van der Waals surface area contributed by atoms with E-state index in [2.05, 4.69) is 31.9 Å². The Hall–Kier alpha value is 0.190. The van der Waals surface area contributed by atoms with Gasteiger partial charge in [-0.15, -0.1) is 0 Å². The minimum absolute atomic E-state index is 0.125. The van der Waals surface area contributed by atoms with Gasteiger partial charge in [0.05, 0.1) is 9.81 Å². The van der Waals surface area contributed by atoms with Gasteiger partial charge in [0.25, 0.3) is 0 Å². The smallest absolute Gasteiger partial charge is 0.0909 e. The molecule has 0 aliphatic rings. The summed E-state index contributed by atoms with van der Waals surface area (Å²) in [6.45, 7) is 0. The molecule has 1 nitrogen and oxygen atoms in total. The zero-order valence-corrected chi connectivity index (χ0v) is 6.61. The molecule has 0 aliphatic heterocycles. The highest BCUT2D eigenvalue weighted by molar-refractivity contribution is 9.24. The van der Waals surface area contributed by atoms with E-state index in [4.69, 9.17) is 5.26 Å². The first-order chi connectivity index (χ1) is 3.27. The van der Waals surface area contributed by atoms with Crippen LogP contribution in [-0.2, 0) is 0 Å². The molecule has 0 heterocycles. The maximum absolute atomic E-state index is 7.94. The lowest BCUT2D eigenvalue weighted by Crippen LogP contribution is -1.69. The highest BCUT2D eigenvalue weighted by atomic mass is 79.9. The van der Waals surface area contributed by atoms with Gasteiger partial charge in [0.1, 0.15) is 0 Å². The first-order valence-electron chi connectivity index (χ1n) is 1.62. The molecular formula is C4H3Br2N. The van der Waals surface area contributed by atoms with E-state index in [0.29, 0.717) is 0 Å². The molecule has 0 aliphatic carbocycles. The van der Waals surface area contributed by atoms with E-state index in [9.17, 15) is 0 Å². The predicted octanol–water partition coefficient (Wildman–Crippen LogP) is 2.18. The topological polar surface area (TPSA) is 23.8 Å². The maximum Gasteiger partial charge on any atom is 0.0909 e. The molecule has 38 valence electrons. The standard InChI is InChI=1S/C4H3Br2N/c5-4(6)2-1-3-7/h1-2,4H/b2-1+. The number of nitrogens with zero attached hydrogens (tertiary/aromatic N) is 1. The van der Waals surface area contributed by atoms with E-state index in [0.717, 1.165) is 0 Å². The van der Waals surface area contributed by atoms with Crippen molar-refractivity contribution in [2.45, 2.75) is 3.74 Å². The van der Waals surface area contributed by atoms with Crippen LogP contribution in [-0.4, -0.2) is 3.74 Å². The summed E-state index contributed by atoms with van der Waals surface area (Å²) in [4.78, 5) is 0. The van der Waals surface area contributed by atoms with Crippen LogP contribution in [0.2, 0.25) is 0 Å². The molecule has 0 saturated heterocycles. The molecule has 0 saturated carbocycles. The van der Waals surface area contributed by atoms with Gasteiger partial charge in [0, 0.05) is 6.08 Å².